The molecule has 0 saturated heterocycles. The first-order chi connectivity index (χ1) is 16.5. The molecule has 2 aromatic rings. The molecule has 0 fully saturated rings. The average Bonchev–Trinajstić information content (AvgIpc) is 3.25. The van der Waals surface area contributed by atoms with Gasteiger partial charge in [0.15, 0.2) is 17.3 Å². The Kier molecular flexibility index (Phi) is 7.32. The molecule has 9 heteroatoms. The summed E-state index contributed by atoms with van der Waals surface area (Å²) in [6.45, 7) is 7.05. The minimum absolute atomic E-state index is 0.0117. The summed E-state index contributed by atoms with van der Waals surface area (Å²) in [6.07, 6.45) is 2.35. The molecule has 8 nitrogen and oxygen atoms in total. The third-order valence-corrected chi connectivity index (χ3v) is 6.12. The maximum absolute atomic E-state index is 12.6. The molecular formula is C25H26N4O4S. The summed E-state index contributed by atoms with van der Waals surface area (Å²) < 4.78 is 17.4. The van der Waals surface area contributed by atoms with E-state index < -0.39 is 5.91 Å². The number of nitrogens with one attached hydrogen (secondary N) is 1. The molecule has 2 aromatic carbocycles. The van der Waals surface area contributed by atoms with Crippen LogP contribution in [0.5, 0.6) is 17.2 Å². The molecule has 176 valence electrons. The Morgan fingerprint density at radius 3 is 2.53 bits per heavy atom. The van der Waals surface area contributed by atoms with Crippen molar-refractivity contribution in [3.8, 4) is 17.2 Å². The largest absolute Gasteiger partial charge is 0.490 e. The summed E-state index contributed by atoms with van der Waals surface area (Å²) in [7, 11) is 0. The number of aliphatic imine (C=N–C) groups is 1. The molecule has 1 amide bonds. The van der Waals surface area contributed by atoms with Crippen molar-refractivity contribution in [2.45, 2.75) is 27.2 Å². The van der Waals surface area contributed by atoms with E-state index in [2.05, 4.69) is 10.1 Å². The number of thioether (sulfide) groups is 1. The average molecular weight is 479 g/mol. The second kappa shape index (κ2) is 10.6. The van der Waals surface area contributed by atoms with Gasteiger partial charge in [0.05, 0.1) is 12.2 Å². The highest BCUT2D eigenvalue weighted by Crippen LogP contribution is 2.32. The lowest BCUT2D eigenvalue weighted by atomic mass is 10.1. The molecule has 1 N–H and O–H groups in total. The molecular weight excluding hydrogens is 452 g/mol. The number of amides is 1. The van der Waals surface area contributed by atoms with E-state index in [1.54, 1.807) is 18.2 Å². The zero-order valence-electron chi connectivity index (χ0n) is 19.3. The molecule has 0 spiro atoms. The van der Waals surface area contributed by atoms with Crippen LogP contribution in [0.1, 0.15) is 31.4 Å². The molecule has 0 atom stereocenters. The van der Waals surface area contributed by atoms with Gasteiger partial charge in [-0.3, -0.25) is 10.2 Å². The normalized spacial score (nSPS) is 16.3. The highest BCUT2D eigenvalue weighted by molar-refractivity contribution is 8.26. The van der Waals surface area contributed by atoms with Crippen LogP contribution in [-0.4, -0.2) is 46.8 Å². The number of hydrogen-bond donors (Lipinski definition) is 1. The van der Waals surface area contributed by atoms with Gasteiger partial charge in [-0.25, -0.2) is 0 Å². The maximum atomic E-state index is 12.6. The van der Waals surface area contributed by atoms with E-state index in [1.807, 2.05) is 51.1 Å². The van der Waals surface area contributed by atoms with Crippen molar-refractivity contribution < 1.29 is 19.0 Å². The highest BCUT2D eigenvalue weighted by atomic mass is 32.2. The Hall–Kier alpha value is -3.59. The van der Waals surface area contributed by atoms with Gasteiger partial charge < -0.3 is 14.2 Å². The predicted molar refractivity (Wildman–Crippen MR) is 135 cm³/mol. The zero-order chi connectivity index (χ0) is 24.1. The fourth-order valence-corrected chi connectivity index (χ4v) is 4.19. The number of ether oxygens (including phenoxy) is 3. The molecule has 34 heavy (non-hydrogen) atoms. The van der Waals surface area contributed by atoms with Crippen LogP contribution >= 0.6 is 11.8 Å². The lowest BCUT2D eigenvalue weighted by Crippen LogP contribution is -2.35. The second-order valence-corrected chi connectivity index (χ2v) is 8.51. The minimum atomic E-state index is -0.456. The van der Waals surface area contributed by atoms with Gasteiger partial charge in [0.1, 0.15) is 24.0 Å². The SMILES string of the molecule is CCOc1cc(C=C2C(=N)N3N=C(CC)SC3=NC2=O)ccc1OCCOc1ccccc1C. The smallest absolute Gasteiger partial charge is 0.283 e. The van der Waals surface area contributed by atoms with Crippen molar-refractivity contribution in [1.82, 2.24) is 5.01 Å². The molecule has 0 saturated carbocycles. The van der Waals surface area contributed by atoms with Crippen LogP contribution in [0.4, 0.5) is 0 Å². The van der Waals surface area contributed by atoms with Gasteiger partial charge >= 0.3 is 0 Å². The van der Waals surface area contributed by atoms with Crippen LogP contribution in [0.3, 0.4) is 0 Å². The molecule has 0 aliphatic carbocycles. The maximum Gasteiger partial charge on any atom is 0.283 e. The highest BCUT2D eigenvalue weighted by Gasteiger charge is 2.35. The monoisotopic (exact) mass is 478 g/mol. The topological polar surface area (TPSA) is 96.6 Å². The summed E-state index contributed by atoms with van der Waals surface area (Å²) in [5.41, 5.74) is 1.94. The van der Waals surface area contributed by atoms with E-state index in [0.717, 1.165) is 22.8 Å². The number of carbonyl (C=O) groups is 1. The van der Waals surface area contributed by atoms with Crippen LogP contribution in [0, 0.1) is 12.3 Å². The van der Waals surface area contributed by atoms with Crippen LogP contribution in [0.2, 0.25) is 0 Å². The molecule has 0 aromatic heterocycles. The van der Waals surface area contributed by atoms with Gasteiger partial charge in [-0.2, -0.15) is 15.1 Å². The molecule has 0 radical (unpaired) electrons. The van der Waals surface area contributed by atoms with Gasteiger partial charge in [-0.05, 0) is 67.4 Å². The number of hydrogen-bond acceptors (Lipinski definition) is 7. The predicted octanol–water partition coefficient (Wildman–Crippen LogP) is 4.88. The quantitative estimate of drug-likeness (QED) is 0.408. The Bertz CT molecular complexity index is 1210. The fourth-order valence-electron chi connectivity index (χ4n) is 3.36. The van der Waals surface area contributed by atoms with Crippen molar-refractivity contribution in [1.29, 1.82) is 5.41 Å². The van der Waals surface area contributed by atoms with Gasteiger partial charge in [0, 0.05) is 0 Å². The van der Waals surface area contributed by atoms with Crippen LogP contribution < -0.4 is 14.2 Å². The molecule has 0 bridgehead atoms. The summed E-state index contributed by atoms with van der Waals surface area (Å²) in [5.74, 6) is 1.52. The fraction of sp³-hybridized carbons (Fsp3) is 0.280. The lowest BCUT2D eigenvalue weighted by molar-refractivity contribution is -0.114. The third kappa shape index (κ3) is 5.14. The van der Waals surface area contributed by atoms with E-state index in [9.17, 15) is 4.79 Å². The third-order valence-electron chi connectivity index (χ3n) is 5.07. The summed E-state index contributed by atoms with van der Waals surface area (Å²) in [6, 6.07) is 13.2. The van der Waals surface area contributed by atoms with Crippen molar-refractivity contribution >= 4 is 39.8 Å². The Labute approximate surface area is 202 Å². The first-order valence-corrected chi connectivity index (χ1v) is 11.9. The first kappa shape index (κ1) is 23.6. The molecule has 2 heterocycles. The minimum Gasteiger partial charge on any atom is -0.490 e. The van der Waals surface area contributed by atoms with Crippen LogP contribution in [0.15, 0.2) is 58.1 Å². The van der Waals surface area contributed by atoms with Gasteiger partial charge in [-0.1, -0.05) is 31.2 Å². The van der Waals surface area contributed by atoms with E-state index in [1.165, 1.54) is 16.8 Å². The van der Waals surface area contributed by atoms with E-state index >= 15 is 0 Å². The van der Waals surface area contributed by atoms with E-state index in [0.29, 0.717) is 42.1 Å². The van der Waals surface area contributed by atoms with Crippen molar-refractivity contribution in [3.05, 3.63) is 59.2 Å². The number of hydrazone groups is 1. The molecule has 2 aliphatic heterocycles. The number of amidine groups is 2. The van der Waals surface area contributed by atoms with Crippen LogP contribution in [0.25, 0.3) is 6.08 Å². The number of nitrogens with zero attached hydrogens (tertiary/aromatic N) is 3. The summed E-state index contributed by atoms with van der Waals surface area (Å²) in [5, 5.41) is 15.5. The number of benzene rings is 2. The molecule has 2 aliphatic rings. The zero-order valence-corrected chi connectivity index (χ0v) is 20.1. The van der Waals surface area contributed by atoms with Crippen LogP contribution in [-0.2, 0) is 4.79 Å². The number of carbonyl (C=O) groups excluding carboxylic acids is 1. The number of rotatable bonds is 9. The lowest BCUT2D eigenvalue weighted by Gasteiger charge is -2.20. The van der Waals surface area contributed by atoms with E-state index in [-0.39, 0.29) is 11.4 Å². The number of aryl methyl sites for hydroxylation is 1. The van der Waals surface area contributed by atoms with E-state index in [4.69, 9.17) is 19.6 Å². The number of fused-ring (bicyclic) bond motifs is 1. The second-order valence-electron chi connectivity index (χ2n) is 7.47. The Morgan fingerprint density at radius 1 is 1.03 bits per heavy atom. The van der Waals surface area contributed by atoms with Crippen molar-refractivity contribution in [2.75, 3.05) is 19.8 Å². The van der Waals surface area contributed by atoms with Gasteiger partial charge in [0.25, 0.3) is 5.91 Å². The standard InChI is InChI=1S/C25H26N4O4S/c1-4-22-28-29-23(26)18(24(30)27-25(29)34-22)14-17-10-11-20(21(15-17)31-5-2)33-13-12-32-19-9-7-6-8-16(19)3/h6-11,14-15,26H,4-5,12-13H2,1-3H3. The summed E-state index contributed by atoms with van der Waals surface area (Å²) in [4.78, 5) is 16.7. The molecule has 0 unspecified atom stereocenters. The van der Waals surface area contributed by atoms with Crippen molar-refractivity contribution in [2.24, 2.45) is 10.1 Å². The Balaban J connectivity index is 1.47. The molecule has 4 rings (SSSR count). The number of para-hydroxylation sites is 1. The summed E-state index contributed by atoms with van der Waals surface area (Å²) >= 11 is 1.32. The van der Waals surface area contributed by atoms with Gasteiger partial charge in [-0.15, -0.1) is 0 Å². The Morgan fingerprint density at radius 2 is 1.79 bits per heavy atom. The van der Waals surface area contributed by atoms with Crippen molar-refractivity contribution in [3.63, 3.8) is 0 Å². The first-order valence-electron chi connectivity index (χ1n) is 11.1. The van der Waals surface area contributed by atoms with Gasteiger partial charge in [0.2, 0.25) is 5.17 Å².